The third-order valence-corrected chi connectivity index (χ3v) is 6.11. The predicted octanol–water partition coefficient (Wildman–Crippen LogP) is 5.43. The quantitative estimate of drug-likeness (QED) is 0.349. The first-order valence-electron chi connectivity index (χ1n) is 10.8. The molecule has 0 atom stereocenters. The molecule has 4 rings (SSSR count). The number of pyridine rings is 1. The molecule has 3 heterocycles. The summed E-state index contributed by atoms with van der Waals surface area (Å²) in [7, 11) is 0. The van der Waals surface area contributed by atoms with Gasteiger partial charge in [-0.2, -0.15) is 4.98 Å². The van der Waals surface area contributed by atoms with Crippen molar-refractivity contribution < 1.29 is 4.52 Å². The molecule has 1 aromatic carbocycles. The Kier molecular flexibility index (Phi) is 6.41. The minimum Gasteiger partial charge on any atom is -0.339 e. The molecule has 0 unspecified atom stereocenters. The van der Waals surface area contributed by atoms with Gasteiger partial charge in [-0.05, 0) is 36.1 Å². The Morgan fingerprint density at radius 1 is 1.00 bits per heavy atom. The zero-order chi connectivity index (χ0) is 22.7. The average molecular weight is 449 g/mol. The van der Waals surface area contributed by atoms with Crippen molar-refractivity contribution in [1.82, 2.24) is 29.9 Å². The van der Waals surface area contributed by atoms with E-state index >= 15 is 0 Å². The summed E-state index contributed by atoms with van der Waals surface area (Å²) in [6.45, 7) is 10.5. The largest absolute Gasteiger partial charge is 0.339 e. The highest BCUT2D eigenvalue weighted by atomic mass is 32.2. The molecule has 0 saturated heterocycles. The fraction of sp³-hybridized carbons (Fsp3) is 0.375. The van der Waals surface area contributed by atoms with Crippen molar-refractivity contribution >= 4 is 11.8 Å². The van der Waals surface area contributed by atoms with E-state index in [-0.39, 0.29) is 5.41 Å². The number of aryl methyl sites for hydroxylation is 2. The monoisotopic (exact) mass is 448 g/mol. The molecule has 8 heteroatoms. The molecule has 4 aromatic rings. The standard InChI is InChI=1S/C24H28N6OS/c1-6-16-10-8-11-17(7-2)20(16)30-21(18-12-9-13-25-14-18)27-28-23(30)32-15-19-26-22(31-29-19)24(3,4)5/h8-14H,6-7,15H2,1-5H3. The summed E-state index contributed by atoms with van der Waals surface area (Å²) in [5.41, 5.74) is 4.40. The molecule has 0 bridgehead atoms. The molecular weight excluding hydrogens is 420 g/mol. The average Bonchev–Trinajstić information content (AvgIpc) is 3.44. The Bertz CT molecular complexity index is 1170. The zero-order valence-corrected chi connectivity index (χ0v) is 20.0. The van der Waals surface area contributed by atoms with E-state index in [4.69, 9.17) is 4.52 Å². The van der Waals surface area contributed by atoms with Gasteiger partial charge in [0.25, 0.3) is 0 Å². The van der Waals surface area contributed by atoms with E-state index in [1.807, 2.05) is 18.3 Å². The fourth-order valence-electron chi connectivity index (χ4n) is 3.50. The molecule has 3 aromatic heterocycles. The van der Waals surface area contributed by atoms with Crippen LogP contribution in [0.3, 0.4) is 0 Å². The van der Waals surface area contributed by atoms with Gasteiger partial charge in [-0.3, -0.25) is 9.55 Å². The Morgan fingerprint density at radius 3 is 2.34 bits per heavy atom. The van der Waals surface area contributed by atoms with Gasteiger partial charge < -0.3 is 4.52 Å². The van der Waals surface area contributed by atoms with E-state index < -0.39 is 0 Å². The van der Waals surface area contributed by atoms with Gasteiger partial charge in [0.05, 0.1) is 11.4 Å². The second kappa shape index (κ2) is 9.24. The summed E-state index contributed by atoms with van der Waals surface area (Å²) in [6, 6.07) is 10.4. The molecule has 32 heavy (non-hydrogen) atoms. The summed E-state index contributed by atoms with van der Waals surface area (Å²) in [6.07, 6.45) is 5.42. The molecule has 0 aliphatic carbocycles. The first kappa shape index (κ1) is 22.2. The van der Waals surface area contributed by atoms with Crippen molar-refractivity contribution in [2.24, 2.45) is 0 Å². The van der Waals surface area contributed by atoms with Crippen molar-refractivity contribution in [2.45, 2.75) is 63.8 Å². The minimum atomic E-state index is -0.181. The van der Waals surface area contributed by atoms with Crippen LogP contribution in [0, 0.1) is 0 Å². The first-order chi connectivity index (χ1) is 15.4. The number of hydrogen-bond acceptors (Lipinski definition) is 7. The molecule has 0 radical (unpaired) electrons. The Hall–Kier alpha value is -3.00. The summed E-state index contributed by atoms with van der Waals surface area (Å²) < 4.78 is 7.61. The van der Waals surface area contributed by atoms with Crippen LogP contribution in [0.2, 0.25) is 0 Å². The number of thioether (sulfide) groups is 1. The molecule has 0 N–H and O–H groups in total. The lowest BCUT2D eigenvalue weighted by Crippen LogP contribution is -2.11. The maximum absolute atomic E-state index is 5.45. The van der Waals surface area contributed by atoms with Crippen molar-refractivity contribution in [3.05, 3.63) is 65.6 Å². The molecule has 0 aliphatic heterocycles. The predicted molar refractivity (Wildman–Crippen MR) is 126 cm³/mol. The van der Waals surface area contributed by atoms with Gasteiger partial charge in [0, 0.05) is 23.4 Å². The number of nitrogens with zero attached hydrogens (tertiary/aromatic N) is 6. The summed E-state index contributed by atoms with van der Waals surface area (Å²) in [5.74, 6) is 2.60. The number of rotatable bonds is 7. The van der Waals surface area contributed by atoms with Gasteiger partial charge in [-0.25, -0.2) is 0 Å². The topological polar surface area (TPSA) is 82.5 Å². The Balaban J connectivity index is 1.78. The maximum atomic E-state index is 5.45. The molecule has 0 spiro atoms. The lowest BCUT2D eigenvalue weighted by atomic mass is 9.97. The highest BCUT2D eigenvalue weighted by Gasteiger charge is 2.24. The van der Waals surface area contributed by atoms with Gasteiger partial charge >= 0.3 is 0 Å². The van der Waals surface area contributed by atoms with E-state index in [1.165, 1.54) is 11.1 Å². The van der Waals surface area contributed by atoms with Crippen LogP contribution in [0.15, 0.2) is 52.4 Å². The van der Waals surface area contributed by atoms with Crippen LogP contribution in [-0.4, -0.2) is 29.9 Å². The van der Waals surface area contributed by atoms with Crippen molar-refractivity contribution in [2.75, 3.05) is 0 Å². The molecule has 0 amide bonds. The van der Waals surface area contributed by atoms with Crippen molar-refractivity contribution in [3.63, 3.8) is 0 Å². The fourth-order valence-corrected chi connectivity index (χ4v) is 4.28. The van der Waals surface area contributed by atoms with E-state index in [0.717, 1.165) is 35.1 Å². The second-order valence-electron chi connectivity index (χ2n) is 8.57. The highest BCUT2D eigenvalue weighted by molar-refractivity contribution is 7.98. The van der Waals surface area contributed by atoms with Crippen LogP contribution >= 0.6 is 11.8 Å². The van der Waals surface area contributed by atoms with Crippen LogP contribution in [0.4, 0.5) is 0 Å². The van der Waals surface area contributed by atoms with Gasteiger partial charge in [0.15, 0.2) is 16.8 Å². The smallest absolute Gasteiger partial charge is 0.232 e. The van der Waals surface area contributed by atoms with Crippen molar-refractivity contribution in [1.29, 1.82) is 0 Å². The lowest BCUT2D eigenvalue weighted by Gasteiger charge is -2.17. The second-order valence-corrected chi connectivity index (χ2v) is 9.51. The Morgan fingerprint density at radius 2 is 1.75 bits per heavy atom. The summed E-state index contributed by atoms with van der Waals surface area (Å²) in [4.78, 5) is 8.85. The summed E-state index contributed by atoms with van der Waals surface area (Å²) in [5, 5.41) is 14.1. The van der Waals surface area contributed by atoms with Crippen LogP contribution in [0.25, 0.3) is 17.1 Å². The van der Waals surface area contributed by atoms with Crippen LogP contribution in [-0.2, 0) is 24.0 Å². The first-order valence-corrected chi connectivity index (χ1v) is 11.8. The van der Waals surface area contributed by atoms with E-state index in [1.54, 1.807) is 18.0 Å². The summed E-state index contributed by atoms with van der Waals surface area (Å²) >= 11 is 1.56. The maximum Gasteiger partial charge on any atom is 0.232 e. The normalized spacial score (nSPS) is 11.8. The van der Waals surface area contributed by atoms with E-state index in [9.17, 15) is 0 Å². The molecule has 0 aliphatic rings. The van der Waals surface area contributed by atoms with Gasteiger partial charge in [0.2, 0.25) is 5.89 Å². The zero-order valence-electron chi connectivity index (χ0n) is 19.2. The number of aromatic nitrogens is 6. The molecular formula is C24H28N6OS. The molecule has 0 fully saturated rings. The van der Waals surface area contributed by atoms with Gasteiger partial charge in [-0.15, -0.1) is 10.2 Å². The van der Waals surface area contributed by atoms with Crippen molar-refractivity contribution in [3.8, 4) is 17.1 Å². The molecule has 0 saturated carbocycles. The number of para-hydroxylation sites is 1. The number of hydrogen-bond donors (Lipinski definition) is 0. The number of benzene rings is 1. The van der Waals surface area contributed by atoms with Crippen LogP contribution in [0.5, 0.6) is 0 Å². The van der Waals surface area contributed by atoms with Crippen LogP contribution < -0.4 is 0 Å². The Labute approximate surface area is 192 Å². The highest BCUT2D eigenvalue weighted by Crippen LogP contribution is 2.33. The molecule has 166 valence electrons. The van der Waals surface area contributed by atoms with E-state index in [0.29, 0.717) is 17.5 Å². The third kappa shape index (κ3) is 4.46. The SMILES string of the molecule is CCc1cccc(CC)c1-n1c(SCc2noc(C(C)(C)C)n2)nnc1-c1cccnc1. The van der Waals surface area contributed by atoms with E-state index in [2.05, 4.69) is 82.7 Å². The minimum absolute atomic E-state index is 0.181. The van der Waals surface area contributed by atoms with Crippen LogP contribution in [0.1, 0.15) is 57.5 Å². The van der Waals surface area contributed by atoms with Gasteiger partial charge in [0.1, 0.15) is 0 Å². The third-order valence-electron chi connectivity index (χ3n) is 5.18. The lowest BCUT2D eigenvalue weighted by molar-refractivity contribution is 0.319. The van der Waals surface area contributed by atoms with Gasteiger partial charge in [-0.1, -0.05) is 69.7 Å². The molecule has 7 nitrogen and oxygen atoms in total.